The van der Waals surface area contributed by atoms with Gasteiger partial charge in [-0.1, -0.05) is 18.7 Å². The van der Waals surface area contributed by atoms with Crippen LogP contribution in [0, 0.1) is 17.8 Å². The smallest absolute Gasteiger partial charge is 0.333 e. The van der Waals surface area contributed by atoms with Crippen LogP contribution in [0.25, 0.3) is 0 Å². The summed E-state index contributed by atoms with van der Waals surface area (Å²) in [6.45, 7) is 5.81. The highest BCUT2D eigenvalue weighted by atomic mass is 16.5. The summed E-state index contributed by atoms with van der Waals surface area (Å²) in [6, 6.07) is 0. The molecule has 0 heterocycles. The second kappa shape index (κ2) is 3.60. The number of ether oxygens (including phenoxy) is 1. The fourth-order valence-corrected chi connectivity index (χ4v) is 2.39. The van der Waals surface area contributed by atoms with E-state index in [4.69, 9.17) is 4.74 Å². The SMILES string of the molecule is C=C(C)C(=O)OCC1C[C@H]2C=C[C@@H]1C2. The number of esters is 1. The second-order valence-corrected chi connectivity index (χ2v) is 4.42. The third-order valence-corrected chi connectivity index (χ3v) is 3.19. The maximum atomic E-state index is 11.2. The van der Waals surface area contributed by atoms with E-state index in [2.05, 4.69) is 18.7 Å². The molecular weight excluding hydrogens is 176 g/mol. The lowest BCUT2D eigenvalue weighted by Crippen LogP contribution is -2.17. The summed E-state index contributed by atoms with van der Waals surface area (Å²) in [5.41, 5.74) is 0.490. The van der Waals surface area contributed by atoms with Crippen molar-refractivity contribution in [2.75, 3.05) is 6.61 Å². The fourth-order valence-electron chi connectivity index (χ4n) is 2.39. The minimum Gasteiger partial charge on any atom is -0.462 e. The zero-order chi connectivity index (χ0) is 10.1. The number of allylic oxidation sites excluding steroid dienone is 2. The van der Waals surface area contributed by atoms with Crippen molar-refractivity contribution in [1.82, 2.24) is 0 Å². The zero-order valence-corrected chi connectivity index (χ0v) is 8.53. The Bertz CT molecular complexity index is 291. The van der Waals surface area contributed by atoms with Crippen molar-refractivity contribution >= 4 is 5.97 Å². The Balaban J connectivity index is 1.80. The first-order valence-corrected chi connectivity index (χ1v) is 5.18. The van der Waals surface area contributed by atoms with Gasteiger partial charge in [0, 0.05) is 5.57 Å². The Morgan fingerprint density at radius 3 is 2.79 bits per heavy atom. The number of hydrogen-bond acceptors (Lipinski definition) is 2. The molecule has 1 unspecified atom stereocenters. The minimum absolute atomic E-state index is 0.253. The van der Waals surface area contributed by atoms with Crippen LogP contribution in [0.2, 0.25) is 0 Å². The van der Waals surface area contributed by atoms with Gasteiger partial charge >= 0.3 is 5.97 Å². The van der Waals surface area contributed by atoms with Crippen LogP contribution < -0.4 is 0 Å². The van der Waals surface area contributed by atoms with Crippen LogP contribution in [-0.2, 0) is 9.53 Å². The topological polar surface area (TPSA) is 26.3 Å². The highest BCUT2D eigenvalue weighted by molar-refractivity contribution is 5.86. The molecule has 0 saturated heterocycles. The molecule has 2 heteroatoms. The molecule has 2 bridgehead atoms. The molecule has 2 aliphatic carbocycles. The van der Waals surface area contributed by atoms with Gasteiger partial charge in [0.2, 0.25) is 0 Å². The van der Waals surface area contributed by atoms with Crippen molar-refractivity contribution < 1.29 is 9.53 Å². The molecule has 2 rings (SSSR count). The molecule has 3 atom stereocenters. The van der Waals surface area contributed by atoms with Crippen LogP contribution in [0.1, 0.15) is 19.8 Å². The largest absolute Gasteiger partial charge is 0.462 e. The van der Waals surface area contributed by atoms with Gasteiger partial charge in [-0.25, -0.2) is 4.79 Å². The summed E-state index contributed by atoms with van der Waals surface area (Å²) in [4.78, 5) is 11.2. The van der Waals surface area contributed by atoms with E-state index in [0.717, 1.165) is 5.92 Å². The summed E-state index contributed by atoms with van der Waals surface area (Å²) in [5, 5.41) is 0. The molecule has 2 nitrogen and oxygen atoms in total. The van der Waals surface area contributed by atoms with Gasteiger partial charge in [0.05, 0.1) is 6.61 Å². The van der Waals surface area contributed by atoms with Crippen LogP contribution in [-0.4, -0.2) is 12.6 Å². The fraction of sp³-hybridized carbons (Fsp3) is 0.583. The lowest BCUT2D eigenvalue weighted by atomic mass is 9.95. The average Bonchev–Trinajstić information content (AvgIpc) is 2.74. The molecule has 14 heavy (non-hydrogen) atoms. The first-order chi connectivity index (χ1) is 6.66. The predicted octanol–water partition coefficient (Wildman–Crippen LogP) is 2.32. The van der Waals surface area contributed by atoms with Crippen LogP contribution >= 0.6 is 0 Å². The van der Waals surface area contributed by atoms with Gasteiger partial charge in [-0.05, 0) is 37.5 Å². The number of carbonyl (C=O) groups excluding carboxylic acids is 1. The van der Waals surface area contributed by atoms with Crippen molar-refractivity contribution in [3.05, 3.63) is 24.3 Å². The monoisotopic (exact) mass is 192 g/mol. The molecule has 0 amide bonds. The van der Waals surface area contributed by atoms with E-state index in [1.807, 2.05) is 0 Å². The second-order valence-electron chi connectivity index (χ2n) is 4.42. The van der Waals surface area contributed by atoms with Gasteiger partial charge in [0.1, 0.15) is 0 Å². The third kappa shape index (κ3) is 1.74. The third-order valence-electron chi connectivity index (χ3n) is 3.19. The van der Waals surface area contributed by atoms with E-state index >= 15 is 0 Å². The van der Waals surface area contributed by atoms with Gasteiger partial charge in [0.15, 0.2) is 0 Å². The molecule has 0 radical (unpaired) electrons. The van der Waals surface area contributed by atoms with Crippen molar-refractivity contribution in [3.63, 3.8) is 0 Å². The first-order valence-electron chi connectivity index (χ1n) is 5.18. The molecule has 0 aromatic rings. The van der Waals surface area contributed by atoms with E-state index in [1.54, 1.807) is 6.92 Å². The zero-order valence-electron chi connectivity index (χ0n) is 8.53. The maximum Gasteiger partial charge on any atom is 0.333 e. The summed E-state index contributed by atoms with van der Waals surface area (Å²) >= 11 is 0. The molecule has 0 aliphatic heterocycles. The van der Waals surface area contributed by atoms with Gasteiger partial charge in [0.25, 0.3) is 0 Å². The first kappa shape index (κ1) is 9.50. The van der Waals surface area contributed by atoms with Crippen LogP contribution in [0.3, 0.4) is 0 Å². The number of hydrogen-bond donors (Lipinski definition) is 0. The van der Waals surface area contributed by atoms with Gasteiger partial charge in [-0.15, -0.1) is 0 Å². The highest BCUT2D eigenvalue weighted by Gasteiger charge is 2.36. The van der Waals surface area contributed by atoms with Crippen LogP contribution in [0.15, 0.2) is 24.3 Å². The molecule has 0 spiro atoms. The van der Waals surface area contributed by atoms with Crippen molar-refractivity contribution in [1.29, 1.82) is 0 Å². The summed E-state index contributed by atoms with van der Waals surface area (Å²) in [6.07, 6.45) is 7.01. The van der Waals surface area contributed by atoms with Gasteiger partial charge in [-0.2, -0.15) is 0 Å². The minimum atomic E-state index is -0.253. The number of fused-ring (bicyclic) bond motifs is 2. The van der Waals surface area contributed by atoms with E-state index < -0.39 is 0 Å². The van der Waals surface area contributed by atoms with E-state index in [-0.39, 0.29) is 5.97 Å². The molecule has 0 N–H and O–H groups in total. The van der Waals surface area contributed by atoms with Crippen molar-refractivity contribution in [3.8, 4) is 0 Å². The summed E-state index contributed by atoms with van der Waals surface area (Å²) in [7, 11) is 0. The molecule has 0 aromatic heterocycles. The number of rotatable bonds is 3. The quantitative estimate of drug-likeness (QED) is 0.389. The number of carbonyl (C=O) groups is 1. The Hall–Kier alpha value is -1.05. The van der Waals surface area contributed by atoms with E-state index in [9.17, 15) is 4.79 Å². The lowest BCUT2D eigenvalue weighted by molar-refractivity contribution is -0.140. The summed E-state index contributed by atoms with van der Waals surface area (Å²) < 4.78 is 5.17. The van der Waals surface area contributed by atoms with Gasteiger partial charge in [-0.3, -0.25) is 0 Å². The molecule has 0 aromatic carbocycles. The maximum absolute atomic E-state index is 11.2. The van der Waals surface area contributed by atoms with E-state index in [1.165, 1.54) is 12.8 Å². The van der Waals surface area contributed by atoms with Gasteiger partial charge < -0.3 is 4.74 Å². The molecule has 76 valence electrons. The highest BCUT2D eigenvalue weighted by Crippen LogP contribution is 2.43. The predicted molar refractivity (Wildman–Crippen MR) is 54.6 cm³/mol. The molecule has 1 saturated carbocycles. The standard InChI is InChI=1S/C12H16O2/c1-8(2)12(13)14-7-11-6-9-3-4-10(11)5-9/h3-4,9-11H,1,5-7H2,2H3/t9-,10+,11?/m0/s1. The van der Waals surface area contributed by atoms with E-state index in [0.29, 0.717) is 24.0 Å². The van der Waals surface area contributed by atoms with Crippen molar-refractivity contribution in [2.45, 2.75) is 19.8 Å². The summed E-state index contributed by atoms with van der Waals surface area (Å²) in [5.74, 6) is 1.69. The Labute approximate surface area is 84.6 Å². The Morgan fingerprint density at radius 2 is 2.29 bits per heavy atom. The lowest BCUT2D eigenvalue weighted by Gasteiger charge is -2.17. The molecule has 2 aliphatic rings. The van der Waals surface area contributed by atoms with Crippen LogP contribution in [0.5, 0.6) is 0 Å². The van der Waals surface area contributed by atoms with Crippen LogP contribution in [0.4, 0.5) is 0 Å². The molecular formula is C12H16O2. The van der Waals surface area contributed by atoms with Crippen molar-refractivity contribution in [2.24, 2.45) is 17.8 Å². The molecule has 1 fully saturated rings. The Morgan fingerprint density at radius 1 is 1.50 bits per heavy atom. The average molecular weight is 192 g/mol. The normalized spacial score (nSPS) is 33.4. The Kier molecular flexibility index (Phi) is 2.44.